The van der Waals surface area contributed by atoms with E-state index in [0.717, 1.165) is 29.5 Å². The van der Waals surface area contributed by atoms with E-state index < -0.39 is 0 Å². The minimum Gasteiger partial charge on any atom is -0.352 e. The topological polar surface area (TPSA) is 64.0 Å². The van der Waals surface area contributed by atoms with Crippen LogP contribution in [0.1, 0.15) is 23.3 Å². The van der Waals surface area contributed by atoms with Crippen LogP contribution in [0.25, 0.3) is 10.2 Å². The van der Waals surface area contributed by atoms with Crippen LogP contribution in [0.3, 0.4) is 0 Å². The van der Waals surface area contributed by atoms with E-state index in [1.807, 2.05) is 0 Å². The van der Waals surface area contributed by atoms with Gasteiger partial charge in [0.2, 0.25) is 5.91 Å². The van der Waals surface area contributed by atoms with Gasteiger partial charge < -0.3 is 5.32 Å². The summed E-state index contributed by atoms with van der Waals surface area (Å²) in [6, 6.07) is 0. The van der Waals surface area contributed by atoms with Crippen molar-refractivity contribution in [2.75, 3.05) is 12.3 Å². The lowest BCUT2D eigenvalue weighted by atomic mass is 9.97. The largest absolute Gasteiger partial charge is 0.352 e. The van der Waals surface area contributed by atoms with Gasteiger partial charge in [0, 0.05) is 18.0 Å². The van der Waals surface area contributed by atoms with Crippen LogP contribution in [0, 0.1) is 0 Å². The zero-order chi connectivity index (χ0) is 17.8. The summed E-state index contributed by atoms with van der Waals surface area (Å²) < 4.78 is 1.63. The second-order valence-electron chi connectivity index (χ2n) is 5.87. The number of thioether (sulfide) groups is 1. The SMILES string of the molecule is C=CCNC(=O)CSc1nc2sc3c(c2c(=O)n1CC=C)CCCC3. The number of nitrogens with zero attached hydrogens (tertiary/aromatic N) is 2. The molecule has 0 spiro atoms. The fraction of sp³-hybridized carbons (Fsp3) is 0.389. The molecule has 0 unspecified atom stereocenters. The van der Waals surface area contributed by atoms with E-state index in [0.29, 0.717) is 18.2 Å². The fourth-order valence-corrected chi connectivity index (χ4v) is 5.13. The lowest BCUT2D eigenvalue weighted by Crippen LogP contribution is -2.27. The summed E-state index contributed by atoms with van der Waals surface area (Å²) in [5, 5.41) is 4.07. The molecular formula is C18H21N3O2S2. The van der Waals surface area contributed by atoms with Gasteiger partial charge in [0.15, 0.2) is 5.16 Å². The predicted octanol–water partition coefficient (Wildman–Crippen LogP) is 2.92. The van der Waals surface area contributed by atoms with Crippen molar-refractivity contribution in [3.8, 4) is 0 Å². The second-order valence-corrected chi connectivity index (χ2v) is 7.90. The van der Waals surface area contributed by atoms with E-state index >= 15 is 0 Å². The van der Waals surface area contributed by atoms with Crippen LogP contribution >= 0.6 is 23.1 Å². The van der Waals surface area contributed by atoms with Crippen molar-refractivity contribution in [1.29, 1.82) is 0 Å². The minimum atomic E-state index is -0.102. The molecule has 1 aliphatic carbocycles. The number of nitrogens with one attached hydrogen (secondary N) is 1. The summed E-state index contributed by atoms with van der Waals surface area (Å²) in [6.45, 7) is 8.15. The third-order valence-electron chi connectivity index (χ3n) is 4.13. The highest BCUT2D eigenvalue weighted by atomic mass is 32.2. The van der Waals surface area contributed by atoms with Gasteiger partial charge in [-0.25, -0.2) is 4.98 Å². The first-order chi connectivity index (χ1) is 12.2. The van der Waals surface area contributed by atoms with Gasteiger partial charge >= 0.3 is 0 Å². The molecule has 3 rings (SSSR count). The molecule has 0 saturated carbocycles. The van der Waals surface area contributed by atoms with Crippen molar-refractivity contribution >= 4 is 39.2 Å². The van der Waals surface area contributed by atoms with Crippen molar-refractivity contribution in [3.63, 3.8) is 0 Å². The summed E-state index contributed by atoms with van der Waals surface area (Å²) >= 11 is 2.91. The van der Waals surface area contributed by atoms with Crippen LogP contribution < -0.4 is 10.9 Å². The van der Waals surface area contributed by atoms with Crippen molar-refractivity contribution in [2.24, 2.45) is 0 Å². The van der Waals surface area contributed by atoms with Gasteiger partial charge in [-0.05, 0) is 31.2 Å². The molecule has 2 heterocycles. The van der Waals surface area contributed by atoms with Crippen LogP contribution in [-0.2, 0) is 24.2 Å². The number of carbonyl (C=O) groups excluding carboxylic acids is 1. The maximum Gasteiger partial charge on any atom is 0.263 e. The minimum absolute atomic E-state index is 0.0155. The maximum absolute atomic E-state index is 13.0. The van der Waals surface area contributed by atoms with Crippen LogP contribution in [0.4, 0.5) is 0 Å². The Morgan fingerprint density at radius 2 is 2.12 bits per heavy atom. The molecule has 0 aliphatic heterocycles. The van der Waals surface area contributed by atoms with Gasteiger partial charge in [-0.1, -0.05) is 23.9 Å². The summed E-state index contributed by atoms with van der Waals surface area (Å²) in [5.41, 5.74) is 1.17. The third-order valence-corrected chi connectivity index (χ3v) is 6.29. The first kappa shape index (κ1) is 17.9. The number of amides is 1. The molecule has 0 fully saturated rings. The Bertz CT molecular complexity index is 883. The molecule has 1 N–H and O–H groups in total. The summed E-state index contributed by atoms with van der Waals surface area (Å²) in [4.78, 5) is 31.7. The molecule has 1 aliphatic rings. The van der Waals surface area contributed by atoms with Gasteiger partial charge in [-0.3, -0.25) is 14.2 Å². The van der Waals surface area contributed by atoms with Crippen molar-refractivity contribution in [2.45, 2.75) is 37.4 Å². The molecule has 132 valence electrons. The lowest BCUT2D eigenvalue weighted by Gasteiger charge is -2.12. The molecule has 0 radical (unpaired) electrons. The van der Waals surface area contributed by atoms with E-state index in [4.69, 9.17) is 4.98 Å². The lowest BCUT2D eigenvalue weighted by molar-refractivity contribution is -0.118. The van der Waals surface area contributed by atoms with Crippen molar-refractivity contribution in [3.05, 3.63) is 46.1 Å². The molecule has 1 amide bonds. The fourth-order valence-electron chi connectivity index (χ4n) is 2.99. The molecule has 0 aromatic carbocycles. The first-order valence-corrected chi connectivity index (χ1v) is 10.1. The Hall–Kier alpha value is -1.86. The van der Waals surface area contributed by atoms with Gasteiger partial charge in [0.25, 0.3) is 5.56 Å². The van der Waals surface area contributed by atoms with E-state index in [1.54, 1.807) is 28.1 Å². The highest BCUT2D eigenvalue weighted by molar-refractivity contribution is 7.99. The van der Waals surface area contributed by atoms with Gasteiger partial charge in [0.1, 0.15) is 4.83 Å². The number of aryl methyl sites for hydroxylation is 2. The third kappa shape index (κ3) is 3.72. The molecule has 5 nitrogen and oxygen atoms in total. The average Bonchev–Trinajstić information content (AvgIpc) is 2.99. The smallest absolute Gasteiger partial charge is 0.263 e. The first-order valence-electron chi connectivity index (χ1n) is 8.32. The molecule has 0 saturated heterocycles. The Balaban J connectivity index is 1.98. The Morgan fingerprint density at radius 1 is 1.32 bits per heavy atom. The summed E-state index contributed by atoms with van der Waals surface area (Å²) in [5.74, 6) is 0.114. The molecule has 0 bridgehead atoms. The van der Waals surface area contributed by atoms with E-state index in [1.165, 1.54) is 28.6 Å². The molecular weight excluding hydrogens is 354 g/mol. The van der Waals surface area contributed by atoms with Crippen LogP contribution in [0.15, 0.2) is 35.3 Å². The normalized spacial score (nSPS) is 13.4. The predicted molar refractivity (Wildman–Crippen MR) is 105 cm³/mol. The highest BCUT2D eigenvalue weighted by Crippen LogP contribution is 2.34. The van der Waals surface area contributed by atoms with E-state index in [9.17, 15) is 9.59 Å². The van der Waals surface area contributed by atoms with Crippen molar-refractivity contribution in [1.82, 2.24) is 14.9 Å². The Morgan fingerprint density at radius 3 is 2.88 bits per heavy atom. The summed E-state index contributed by atoms with van der Waals surface area (Å²) in [7, 11) is 0. The summed E-state index contributed by atoms with van der Waals surface area (Å²) in [6.07, 6.45) is 7.61. The average molecular weight is 376 g/mol. The maximum atomic E-state index is 13.0. The Kier molecular flexibility index (Phi) is 5.75. The number of aromatic nitrogens is 2. The molecule has 7 heteroatoms. The van der Waals surface area contributed by atoms with Crippen molar-refractivity contribution < 1.29 is 4.79 Å². The number of rotatable bonds is 7. The number of hydrogen-bond acceptors (Lipinski definition) is 5. The van der Waals surface area contributed by atoms with E-state index in [-0.39, 0.29) is 17.2 Å². The molecule has 0 atom stereocenters. The number of carbonyl (C=O) groups is 1. The molecule has 25 heavy (non-hydrogen) atoms. The second kappa shape index (κ2) is 8.01. The van der Waals surface area contributed by atoms with E-state index in [2.05, 4.69) is 18.5 Å². The monoisotopic (exact) mass is 375 g/mol. The van der Waals surface area contributed by atoms with Gasteiger partial charge in [0.05, 0.1) is 11.1 Å². The van der Waals surface area contributed by atoms with Crippen LogP contribution in [-0.4, -0.2) is 27.8 Å². The van der Waals surface area contributed by atoms with Gasteiger partial charge in [-0.15, -0.1) is 24.5 Å². The van der Waals surface area contributed by atoms with Crippen LogP contribution in [0.5, 0.6) is 0 Å². The highest BCUT2D eigenvalue weighted by Gasteiger charge is 2.22. The van der Waals surface area contributed by atoms with Gasteiger partial charge in [-0.2, -0.15) is 0 Å². The quantitative estimate of drug-likeness (QED) is 0.459. The molecule has 2 aromatic heterocycles. The number of hydrogen-bond donors (Lipinski definition) is 1. The Labute approximate surface area is 154 Å². The zero-order valence-corrected chi connectivity index (χ0v) is 15.7. The molecule has 2 aromatic rings. The number of fused-ring (bicyclic) bond motifs is 3. The number of thiophene rings is 1. The standard InChI is InChI=1S/C18H21N3O2S2/c1-3-9-19-14(22)11-24-18-20-16-15(17(23)21(18)10-4-2)12-7-5-6-8-13(12)25-16/h3-4H,1-2,5-11H2,(H,19,22). The van der Waals surface area contributed by atoms with Crippen LogP contribution in [0.2, 0.25) is 0 Å². The number of allylic oxidation sites excluding steroid dienone is 1. The zero-order valence-electron chi connectivity index (χ0n) is 14.0.